The van der Waals surface area contributed by atoms with E-state index in [4.69, 9.17) is 4.74 Å². The summed E-state index contributed by atoms with van der Waals surface area (Å²) < 4.78 is 7.18. The molecule has 5 heteroatoms. The van der Waals surface area contributed by atoms with Crippen LogP contribution in [0.1, 0.15) is 18.4 Å². The second-order valence-corrected chi connectivity index (χ2v) is 4.82. The van der Waals surface area contributed by atoms with Crippen LogP contribution in [0.15, 0.2) is 36.9 Å². The number of ether oxygens (including phenoxy) is 1. The first-order valence-corrected chi connectivity index (χ1v) is 6.66. The van der Waals surface area contributed by atoms with Crippen molar-refractivity contribution in [3.05, 3.63) is 42.5 Å². The molecule has 0 radical (unpaired) electrons. The van der Waals surface area contributed by atoms with Crippen molar-refractivity contribution in [3.8, 4) is 0 Å². The Hall–Kier alpha value is -1.88. The van der Waals surface area contributed by atoms with E-state index >= 15 is 0 Å². The van der Waals surface area contributed by atoms with E-state index in [1.807, 2.05) is 4.68 Å². The van der Waals surface area contributed by atoms with E-state index in [0.717, 1.165) is 32.6 Å². The molecule has 2 aromatic rings. The van der Waals surface area contributed by atoms with Gasteiger partial charge in [-0.15, -0.1) is 0 Å². The van der Waals surface area contributed by atoms with Gasteiger partial charge in [0.15, 0.2) is 0 Å². The third kappa shape index (κ3) is 3.32. The molecule has 1 aliphatic heterocycles. The van der Waals surface area contributed by atoms with Gasteiger partial charge in [0.05, 0.1) is 6.54 Å². The lowest BCUT2D eigenvalue weighted by atomic mass is 10.1. The van der Waals surface area contributed by atoms with Gasteiger partial charge in [0.1, 0.15) is 12.7 Å². The molecule has 1 N–H and O–H groups in total. The van der Waals surface area contributed by atoms with Gasteiger partial charge >= 0.3 is 0 Å². The second-order valence-electron chi connectivity index (χ2n) is 4.82. The Morgan fingerprint density at radius 3 is 2.68 bits per heavy atom. The minimum atomic E-state index is 0.537. The highest BCUT2D eigenvalue weighted by Crippen LogP contribution is 2.16. The molecule has 0 spiro atoms. The Balaban J connectivity index is 1.58. The zero-order valence-corrected chi connectivity index (χ0v) is 10.8. The highest BCUT2D eigenvalue weighted by Gasteiger charge is 2.12. The van der Waals surface area contributed by atoms with Gasteiger partial charge < -0.3 is 10.1 Å². The van der Waals surface area contributed by atoms with Crippen molar-refractivity contribution in [2.45, 2.75) is 25.4 Å². The van der Waals surface area contributed by atoms with Crippen LogP contribution in [0.5, 0.6) is 0 Å². The van der Waals surface area contributed by atoms with E-state index in [9.17, 15) is 0 Å². The van der Waals surface area contributed by atoms with Crippen LogP contribution in [0, 0.1) is 0 Å². The summed E-state index contributed by atoms with van der Waals surface area (Å²) in [6.07, 6.45) is 5.46. The Labute approximate surface area is 112 Å². The highest BCUT2D eigenvalue weighted by atomic mass is 16.5. The predicted octanol–water partition coefficient (Wildman–Crippen LogP) is 1.92. The van der Waals surface area contributed by atoms with Crippen molar-refractivity contribution in [2.75, 3.05) is 18.5 Å². The summed E-state index contributed by atoms with van der Waals surface area (Å²) in [4.78, 5) is 3.94. The van der Waals surface area contributed by atoms with Gasteiger partial charge in [-0.25, -0.2) is 9.67 Å². The number of hydrogen-bond acceptors (Lipinski definition) is 4. The number of anilines is 1. The van der Waals surface area contributed by atoms with Gasteiger partial charge in [-0.3, -0.25) is 0 Å². The molecule has 0 unspecified atom stereocenters. The lowest BCUT2D eigenvalue weighted by Crippen LogP contribution is -2.27. The van der Waals surface area contributed by atoms with E-state index in [1.54, 1.807) is 12.7 Å². The van der Waals surface area contributed by atoms with Crippen LogP contribution in [0.4, 0.5) is 5.69 Å². The summed E-state index contributed by atoms with van der Waals surface area (Å²) in [7, 11) is 0. The fourth-order valence-electron chi connectivity index (χ4n) is 2.29. The van der Waals surface area contributed by atoms with Crippen LogP contribution in [0.3, 0.4) is 0 Å². The number of rotatable bonds is 4. The molecule has 5 nitrogen and oxygen atoms in total. The molecule has 1 fully saturated rings. The number of hydrogen-bond donors (Lipinski definition) is 1. The van der Waals surface area contributed by atoms with Gasteiger partial charge in [0.25, 0.3) is 0 Å². The zero-order chi connectivity index (χ0) is 12.9. The molecule has 100 valence electrons. The topological polar surface area (TPSA) is 52.0 Å². The summed E-state index contributed by atoms with van der Waals surface area (Å²) in [6, 6.07) is 9.05. The summed E-state index contributed by atoms with van der Waals surface area (Å²) in [5.74, 6) is 0. The van der Waals surface area contributed by atoms with Crippen LogP contribution in [0.25, 0.3) is 0 Å². The van der Waals surface area contributed by atoms with Crippen molar-refractivity contribution in [1.29, 1.82) is 0 Å². The molecule has 1 aromatic carbocycles. The summed E-state index contributed by atoms with van der Waals surface area (Å²) in [5, 5.41) is 7.66. The summed E-state index contributed by atoms with van der Waals surface area (Å²) in [6.45, 7) is 2.49. The molecule has 0 amide bonds. The minimum Gasteiger partial charge on any atom is -0.382 e. The summed E-state index contributed by atoms with van der Waals surface area (Å²) >= 11 is 0. The predicted molar refractivity (Wildman–Crippen MR) is 73.0 cm³/mol. The number of nitrogens with zero attached hydrogens (tertiary/aromatic N) is 3. The maximum absolute atomic E-state index is 5.36. The molecular weight excluding hydrogens is 240 g/mol. The van der Waals surface area contributed by atoms with E-state index in [0.29, 0.717) is 6.04 Å². The van der Waals surface area contributed by atoms with E-state index in [2.05, 4.69) is 39.7 Å². The molecule has 1 aliphatic rings. The normalized spacial score (nSPS) is 16.4. The van der Waals surface area contributed by atoms with Crippen molar-refractivity contribution >= 4 is 5.69 Å². The number of nitrogens with one attached hydrogen (secondary N) is 1. The smallest absolute Gasteiger partial charge is 0.137 e. The van der Waals surface area contributed by atoms with Crippen LogP contribution in [0.2, 0.25) is 0 Å². The fraction of sp³-hybridized carbons (Fsp3) is 0.429. The average Bonchev–Trinajstić information content (AvgIpc) is 2.95. The Kier molecular flexibility index (Phi) is 3.74. The third-order valence-corrected chi connectivity index (χ3v) is 3.36. The third-order valence-electron chi connectivity index (χ3n) is 3.36. The van der Waals surface area contributed by atoms with Gasteiger partial charge in [-0.1, -0.05) is 12.1 Å². The van der Waals surface area contributed by atoms with E-state index in [-0.39, 0.29) is 0 Å². The molecule has 0 bridgehead atoms. The first kappa shape index (κ1) is 12.2. The fourth-order valence-corrected chi connectivity index (χ4v) is 2.29. The highest BCUT2D eigenvalue weighted by molar-refractivity contribution is 5.45. The van der Waals surface area contributed by atoms with E-state index < -0.39 is 0 Å². The maximum Gasteiger partial charge on any atom is 0.137 e. The largest absolute Gasteiger partial charge is 0.382 e. The van der Waals surface area contributed by atoms with Crippen LogP contribution < -0.4 is 5.32 Å². The summed E-state index contributed by atoms with van der Waals surface area (Å²) in [5.41, 5.74) is 2.40. The Bertz CT molecular complexity index is 489. The first-order chi connectivity index (χ1) is 9.40. The van der Waals surface area contributed by atoms with Crippen LogP contribution in [-0.2, 0) is 11.3 Å². The number of aromatic nitrogens is 3. The molecule has 0 saturated carbocycles. The van der Waals surface area contributed by atoms with E-state index in [1.165, 1.54) is 11.3 Å². The second kappa shape index (κ2) is 5.84. The van der Waals surface area contributed by atoms with Crippen molar-refractivity contribution < 1.29 is 4.74 Å². The molecule has 1 saturated heterocycles. The Morgan fingerprint density at radius 1 is 1.21 bits per heavy atom. The lowest BCUT2D eigenvalue weighted by Gasteiger charge is -2.24. The van der Waals surface area contributed by atoms with Gasteiger partial charge in [-0.2, -0.15) is 5.10 Å². The van der Waals surface area contributed by atoms with Crippen molar-refractivity contribution in [1.82, 2.24) is 14.8 Å². The van der Waals surface area contributed by atoms with Crippen molar-refractivity contribution in [3.63, 3.8) is 0 Å². The zero-order valence-electron chi connectivity index (χ0n) is 10.8. The first-order valence-electron chi connectivity index (χ1n) is 6.66. The molecule has 1 aromatic heterocycles. The van der Waals surface area contributed by atoms with Gasteiger partial charge in [-0.05, 0) is 30.5 Å². The maximum atomic E-state index is 5.36. The van der Waals surface area contributed by atoms with Crippen LogP contribution in [-0.4, -0.2) is 34.0 Å². The van der Waals surface area contributed by atoms with Crippen LogP contribution >= 0.6 is 0 Å². The lowest BCUT2D eigenvalue weighted by molar-refractivity contribution is 0.0904. The SMILES string of the molecule is c1ncn(Cc2ccc(NC3CCOCC3)cc2)n1. The molecular formula is C14H18N4O. The minimum absolute atomic E-state index is 0.537. The Morgan fingerprint density at radius 2 is 2.00 bits per heavy atom. The monoisotopic (exact) mass is 258 g/mol. The number of benzene rings is 1. The van der Waals surface area contributed by atoms with Gasteiger partial charge in [0, 0.05) is 24.9 Å². The standard InChI is InChI=1S/C14H18N4O/c1-3-13(17-14-5-7-19-8-6-14)4-2-12(1)9-18-11-15-10-16-18/h1-4,10-11,14,17H,5-9H2. The quantitative estimate of drug-likeness (QED) is 0.910. The molecule has 3 rings (SSSR count). The van der Waals surface area contributed by atoms with Crippen molar-refractivity contribution in [2.24, 2.45) is 0 Å². The molecule has 0 aliphatic carbocycles. The molecule has 0 atom stereocenters. The average molecular weight is 258 g/mol. The van der Waals surface area contributed by atoms with Gasteiger partial charge in [0.2, 0.25) is 0 Å². The molecule has 2 heterocycles. The molecule has 19 heavy (non-hydrogen) atoms.